The summed E-state index contributed by atoms with van der Waals surface area (Å²) in [6.45, 7) is 1.78. The molecule has 1 aromatic carbocycles. The van der Waals surface area contributed by atoms with Gasteiger partial charge in [-0.1, -0.05) is 12.1 Å². The molecule has 2 heterocycles. The largest absolute Gasteiger partial charge is 0.379 e. The normalized spacial score (nSPS) is 16.5. The second-order valence-corrected chi connectivity index (χ2v) is 7.74. The zero-order valence-electron chi connectivity index (χ0n) is 14.0. The third kappa shape index (κ3) is 4.24. The van der Waals surface area contributed by atoms with Gasteiger partial charge in [-0.15, -0.1) is 0 Å². The highest BCUT2D eigenvalue weighted by molar-refractivity contribution is 7.87. The molecule has 1 saturated heterocycles. The lowest BCUT2D eigenvalue weighted by molar-refractivity contribution is 0.0856. The van der Waals surface area contributed by atoms with Gasteiger partial charge in [0.25, 0.3) is 0 Å². The molecule has 0 saturated carbocycles. The van der Waals surface area contributed by atoms with E-state index in [9.17, 15) is 13.2 Å². The van der Waals surface area contributed by atoms with Crippen LogP contribution >= 0.6 is 0 Å². The Labute approximate surface area is 147 Å². The summed E-state index contributed by atoms with van der Waals surface area (Å²) in [5, 5.41) is 0. The summed E-state index contributed by atoms with van der Waals surface area (Å²) in [5.74, 6) is 0.152. The quantitative estimate of drug-likeness (QED) is 0.602. The average Bonchev–Trinajstić information content (AvgIpc) is 2.62. The van der Waals surface area contributed by atoms with E-state index < -0.39 is 10.1 Å². The van der Waals surface area contributed by atoms with E-state index in [1.807, 2.05) is 7.05 Å². The lowest BCUT2D eigenvalue weighted by Crippen LogP contribution is -2.33. The molecule has 0 atom stereocenters. The molecule has 1 aromatic heterocycles. The van der Waals surface area contributed by atoms with E-state index in [0.717, 1.165) is 25.9 Å². The van der Waals surface area contributed by atoms with Crippen molar-refractivity contribution in [2.45, 2.75) is 17.7 Å². The van der Waals surface area contributed by atoms with Crippen LogP contribution in [0.5, 0.6) is 5.75 Å². The molecule has 132 valence electrons. The highest BCUT2D eigenvalue weighted by Crippen LogP contribution is 2.24. The second-order valence-electron chi connectivity index (χ2n) is 6.19. The standard InChI is InChI=1S/C18H20N2O4S/c1-20-11-7-14(8-12-20)18(21)15-3-2-4-16(13-15)24-25(22,23)17-5-9-19-10-6-17/h2-6,9-10,13-14H,7-8,11-12H2,1H3. The van der Waals surface area contributed by atoms with E-state index >= 15 is 0 Å². The van der Waals surface area contributed by atoms with Gasteiger partial charge >= 0.3 is 10.1 Å². The maximum absolute atomic E-state index is 12.7. The number of carbonyl (C=O) groups is 1. The molecule has 1 aliphatic rings. The Morgan fingerprint density at radius 1 is 1.16 bits per heavy atom. The zero-order chi connectivity index (χ0) is 17.9. The number of pyridine rings is 1. The fourth-order valence-electron chi connectivity index (χ4n) is 2.89. The minimum absolute atomic E-state index is 0.0227. The molecule has 0 radical (unpaired) electrons. The number of hydrogen-bond donors (Lipinski definition) is 0. The van der Waals surface area contributed by atoms with E-state index in [1.54, 1.807) is 12.1 Å². The minimum atomic E-state index is -3.95. The first-order valence-electron chi connectivity index (χ1n) is 8.13. The van der Waals surface area contributed by atoms with Gasteiger partial charge in [0, 0.05) is 23.9 Å². The first kappa shape index (κ1) is 17.6. The topological polar surface area (TPSA) is 76.6 Å². The molecule has 0 N–H and O–H groups in total. The van der Waals surface area contributed by atoms with Crippen LogP contribution in [0.3, 0.4) is 0 Å². The Bertz CT molecular complexity index is 844. The van der Waals surface area contributed by atoms with E-state index in [2.05, 4.69) is 9.88 Å². The number of rotatable bonds is 5. The third-order valence-corrected chi connectivity index (χ3v) is 5.61. The Balaban J connectivity index is 1.77. The lowest BCUT2D eigenvalue weighted by atomic mass is 9.89. The van der Waals surface area contributed by atoms with Crippen molar-refractivity contribution < 1.29 is 17.4 Å². The number of Topliss-reactive ketones (excluding diaryl/α,β-unsaturated/α-hetero) is 1. The van der Waals surface area contributed by atoms with Gasteiger partial charge in [-0.25, -0.2) is 0 Å². The molecule has 0 spiro atoms. The van der Waals surface area contributed by atoms with Crippen LogP contribution in [0, 0.1) is 5.92 Å². The van der Waals surface area contributed by atoms with Crippen molar-refractivity contribution in [3.8, 4) is 5.75 Å². The molecule has 1 fully saturated rings. The maximum atomic E-state index is 12.7. The van der Waals surface area contributed by atoms with Gasteiger partial charge in [-0.3, -0.25) is 9.78 Å². The number of aromatic nitrogens is 1. The molecule has 0 bridgehead atoms. The van der Waals surface area contributed by atoms with Gasteiger partial charge in [-0.2, -0.15) is 8.42 Å². The van der Waals surface area contributed by atoms with Crippen molar-refractivity contribution in [3.63, 3.8) is 0 Å². The summed E-state index contributed by atoms with van der Waals surface area (Å²) >= 11 is 0. The molecule has 7 heteroatoms. The fraction of sp³-hybridized carbons (Fsp3) is 0.333. The SMILES string of the molecule is CN1CCC(C(=O)c2cccc(OS(=O)(=O)c3ccncc3)c2)CC1. The van der Waals surface area contributed by atoms with Crippen LogP contribution in [0.25, 0.3) is 0 Å². The average molecular weight is 360 g/mol. The number of benzene rings is 1. The molecular formula is C18H20N2O4S. The van der Waals surface area contributed by atoms with Crippen molar-refractivity contribution >= 4 is 15.9 Å². The zero-order valence-corrected chi connectivity index (χ0v) is 14.8. The predicted octanol–water partition coefficient (Wildman–Crippen LogP) is 2.37. The monoisotopic (exact) mass is 360 g/mol. The number of likely N-dealkylation sites (tertiary alicyclic amines) is 1. The van der Waals surface area contributed by atoms with Crippen LogP contribution in [-0.4, -0.2) is 44.2 Å². The summed E-state index contributed by atoms with van der Waals surface area (Å²) in [7, 11) is -1.91. The number of hydrogen-bond acceptors (Lipinski definition) is 6. The molecule has 2 aromatic rings. The Morgan fingerprint density at radius 3 is 2.52 bits per heavy atom. The van der Waals surface area contributed by atoms with Gasteiger partial charge in [-0.05, 0) is 57.2 Å². The predicted molar refractivity (Wildman–Crippen MR) is 93.0 cm³/mol. The Kier molecular flexibility index (Phi) is 5.15. The molecule has 3 rings (SSSR count). The molecule has 0 aliphatic carbocycles. The van der Waals surface area contributed by atoms with Crippen molar-refractivity contribution in [1.82, 2.24) is 9.88 Å². The second kappa shape index (κ2) is 7.33. The van der Waals surface area contributed by atoms with Crippen LogP contribution in [-0.2, 0) is 10.1 Å². The van der Waals surface area contributed by atoms with Crippen LogP contribution in [0.15, 0.2) is 53.7 Å². The van der Waals surface area contributed by atoms with E-state index in [0.29, 0.717) is 5.56 Å². The van der Waals surface area contributed by atoms with Crippen molar-refractivity contribution in [2.24, 2.45) is 5.92 Å². The van der Waals surface area contributed by atoms with Gasteiger partial charge in [0.15, 0.2) is 5.78 Å². The number of nitrogens with zero attached hydrogens (tertiary/aromatic N) is 2. The van der Waals surface area contributed by atoms with Gasteiger partial charge < -0.3 is 9.08 Å². The fourth-order valence-corrected chi connectivity index (χ4v) is 3.80. The smallest absolute Gasteiger partial charge is 0.339 e. The Hall–Kier alpha value is -2.25. The summed E-state index contributed by atoms with van der Waals surface area (Å²) < 4.78 is 29.7. The number of carbonyl (C=O) groups excluding carboxylic acids is 1. The number of ketones is 1. The third-order valence-electron chi connectivity index (χ3n) is 4.35. The van der Waals surface area contributed by atoms with Crippen molar-refractivity contribution in [1.29, 1.82) is 0 Å². The first-order valence-corrected chi connectivity index (χ1v) is 9.54. The van der Waals surface area contributed by atoms with Crippen molar-refractivity contribution in [3.05, 3.63) is 54.4 Å². The summed E-state index contributed by atoms with van der Waals surface area (Å²) in [6.07, 6.45) is 4.40. The summed E-state index contributed by atoms with van der Waals surface area (Å²) in [5.41, 5.74) is 0.483. The van der Waals surface area contributed by atoms with Gasteiger partial charge in [0.1, 0.15) is 10.6 Å². The molecule has 0 unspecified atom stereocenters. The van der Waals surface area contributed by atoms with Crippen LogP contribution in [0.1, 0.15) is 23.2 Å². The lowest BCUT2D eigenvalue weighted by Gasteiger charge is -2.28. The molecule has 1 aliphatic heterocycles. The van der Waals surface area contributed by atoms with E-state index in [1.165, 1.54) is 36.7 Å². The van der Waals surface area contributed by atoms with Crippen LogP contribution in [0.2, 0.25) is 0 Å². The highest BCUT2D eigenvalue weighted by atomic mass is 32.2. The molecule has 0 amide bonds. The highest BCUT2D eigenvalue weighted by Gasteiger charge is 2.25. The first-order chi connectivity index (χ1) is 12.0. The molecule has 6 nitrogen and oxygen atoms in total. The summed E-state index contributed by atoms with van der Waals surface area (Å²) in [4.78, 5) is 18.7. The van der Waals surface area contributed by atoms with Crippen LogP contribution in [0.4, 0.5) is 0 Å². The Morgan fingerprint density at radius 2 is 1.84 bits per heavy atom. The minimum Gasteiger partial charge on any atom is -0.379 e. The van der Waals surface area contributed by atoms with Gasteiger partial charge in [0.05, 0.1) is 0 Å². The molecular weight excluding hydrogens is 340 g/mol. The van der Waals surface area contributed by atoms with E-state index in [-0.39, 0.29) is 22.3 Å². The number of piperidine rings is 1. The van der Waals surface area contributed by atoms with Crippen molar-refractivity contribution in [2.75, 3.05) is 20.1 Å². The van der Waals surface area contributed by atoms with Crippen LogP contribution < -0.4 is 4.18 Å². The summed E-state index contributed by atoms with van der Waals surface area (Å²) in [6, 6.07) is 9.10. The molecule has 25 heavy (non-hydrogen) atoms. The van der Waals surface area contributed by atoms with Gasteiger partial charge in [0.2, 0.25) is 0 Å². The maximum Gasteiger partial charge on any atom is 0.339 e. The van der Waals surface area contributed by atoms with E-state index in [4.69, 9.17) is 4.18 Å².